The van der Waals surface area contributed by atoms with Gasteiger partial charge in [0.15, 0.2) is 0 Å². The second-order valence-corrected chi connectivity index (χ2v) is 7.99. The molecule has 0 saturated heterocycles. The monoisotopic (exact) mass is 445 g/mol. The van der Waals surface area contributed by atoms with Crippen LogP contribution in [0.4, 0.5) is 30.6 Å². The average Bonchev–Trinajstić information content (AvgIpc) is 2.65. The van der Waals surface area contributed by atoms with Gasteiger partial charge in [-0.3, -0.25) is 4.79 Å². The molecule has 0 aliphatic rings. The second-order valence-electron chi connectivity index (χ2n) is 7.99. The van der Waals surface area contributed by atoms with E-state index in [1.165, 1.54) is 30.3 Å². The van der Waals surface area contributed by atoms with Gasteiger partial charge in [-0.1, -0.05) is 18.2 Å². The Labute approximate surface area is 182 Å². The molecule has 10 heteroatoms. The van der Waals surface area contributed by atoms with Crippen LogP contribution >= 0.6 is 0 Å². The van der Waals surface area contributed by atoms with Crippen molar-refractivity contribution in [2.75, 3.05) is 16.4 Å². The molecule has 0 unspecified atom stereocenters. The molecule has 0 radical (unpaired) electrons. The Morgan fingerprint density at radius 1 is 1.00 bits per heavy atom. The number of hydrogen-bond acceptors (Lipinski definition) is 6. The molecule has 1 aromatic heterocycles. The standard InChI is InChI=1S/C22H22F3N5O2/c1-21(2,3)30-20-27-17(13-6-5-9-16(11-13)32-22(23,24)25)12-18(29-20)28-19(31)14-7-4-8-15(26)10-14/h4-12H,26H2,1-3H3,(H2,27,28,29,30,31). The Morgan fingerprint density at radius 2 is 1.72 bits per heavy atom. The van der Waals surface area contributed by atoms with Gasteiger partial charge in [0.25, 0.3) is 5.91 Å². The summed E-state index contributed by atoms with van der Waals surface area (Å²) in [7, 11) is 0. The number of halogens is 3. The predicted octanol–water partition coefficient (Wildman–Crippen LogP) is 5.09. The third kappa shape index (κ3) is 6.59. The van der Waals surface area contributed by atoms with Gasteiger partial charge in [-0.05, 0) is 51.1 Å². The van der Waals surface area contributed by atoms with E-state index in [9.17, 15) is 18.0 Å². The van der Waals surface area contributed by atoms with Crippen LogP contribution in [-0.2, 0) is 0 Å². The van der Waals surface area contributed by atoms with Crippen LogP contribution in [0.25, 0.3) is 11.3 Å². The zero-order valence-corrected chi connectivity index (χ0v) is 17.6. The van der Waals surface area contributed by atoms with E-state index in [4.69, 9.17) is 5.73 Å². The number of amides is 1. The molecule has 0 saturated carbocycles. The first kappa shape index (κ1) is 22.9. The summed E-state index contributed by atoms with van der Waals surface area (Å²) in [5, 5.41) is 5.78. The minimum absolute atomic E-state index is 0.163. The highest BCUT2D eigenvalue weighted by Crippen LogP contribution is 2.29. The zero-order chi connectivity index (χ0) is 23.5. The van der Waals surface area contributed by atoms with Crippen molar-refractivity contribution in [3.05, 3.63) is 60.2 Å². The number of nitrogen functional groups attached to an aromatic ring is 1. The van der Waals surface area contributed by atoms with E-state index < -0.39 is 17.8 Å². The largest absolute Gasteiger partial charge is 0.573 e. The van der Waals surface area contributed by atoms with Crippen molar-refractivity contribution < 1.29 is 22.7 Å². The van der Waals surface area contributed by atoms with Gasteiger partial charge in [-0.25, -0.2) is 4.98 Å². The Bertz CT molecular complexity index is 1130. The molecule has 0 fully saturated rings. The van der Waals surface area contributed by atoms with E-state index in [-0.39, 0.29) is 17.5 Å². The molecule has 0 aliphatic heterocycles. The fourth-order valence-corrected chi connectivity index (χ4v) is 2.77. The van der Waals surface area contributed by atoms with Gasteiger partial charge in [0, 0.05) is 28.4 Å². The molecule has 0 aliphatic carbocycles. The molecule has 7 nitrogen and oxygen atoms in total. The third-order valence-electron chi connectivity index (χ3n) is 3.97. The lowest BCUT2D eigenvalue weighted by Crippen LogP contribution is -2.27. The minimum atomic E-state index is -4.82. The van der Waals surface area contributed by atoms with Gasteiger partial charge in [0.1, 0.15) is 11.6 Å². The van der Waals surface area contributed by atoms with Crippen LogP contribution in [0.15, 0.2) is 54.6 Å². The number of ether oxygens (including phenoxy) is 1. The molecule has 168 valence electrons. The summed E-state index contributed by atoms with van der Waals surface area (Å²) in [6, 6.07) is 13.3. The summed E-state index contributed by atoms with van der Waals surface area (Å²) in [5.41, 5.74) is 6.73. The highest BCUT2D eigenvalue weighted by molar-refractivity contribution is 6.04. The van der Waals surface area contributed by atoms with Crippen molar-refractivity contribution >= 4 is 23.4 Å². The van der Waals surface area contributed by atoms with Crippen molar-refractivity contribution in [3.8, 4) is 17.0 Å². The van der Waals surface area contributed by atoms with Crippen LogP contribution in [0.1, 0.15) is 31.1 Å². The topological polar surface area (TPSA) is 102 Å². The van der Waals surface area contributed by atoms with E-state index in [1.807, 2.05) is 20.8 Å². The fraction of sp³-hybridized carbons (Fsp3) is 0.227. The zero-order valence-electron chi connectivity index (χ0n) is 17.6. The summed E-state index contributed by atoms with van der Waals surface area (Å²) in [4.78, 5) is 21.3. The fourth-order valence-electron chi connectivity index (χ4n) is 2.77. The summed E-state index contributed by atoms with van der Waals surface area (Å²) in [5.74, 6) is -0.474. The highest BCUT2D eigenvalue weighted by atomic mass is 19.4. The molecular formula is C22H22F3N5O2. The van der Waals surface area contributed by atoms with Crippen LogP contribution in [0.5, 0.6) is 5.75 Å². The number of nitrogens with two attached hydrogens (primary N) is 1. The third-order valence-corrected chi connectivity index (χ3v) is 3.97. The number of alkyl halides is 3. The van der Waals surface area contributed by atoms with Crippen molar-refractivity contribution in [1.29, 1.82) is 0 Å². The maximum atomic E-state index is 12.6. The summed E-state index contributed by atoms with van der Waals surface area (Å²) < 4.78 is 41.8. The quantitative estimate of drug-likeness (QED) is 0.473. The van der Waals surface area contributed by atoms with Gasteiger partial charge >= 0.3 is 6.36 Å². The number of rotatable bonds is 5. The number of carbonyl (C=O) groups is 1. The Balaban J connectivity index is 1.98. The summed E-state index contributed by atoms with van der Waals surface area (Å²) in [6.07, 6.45) is -4.82. The van der Waals surface area contributed by atoms with Crippen LogP contribution in [0, 0.1) is 0 Å². The predicted molar refractivity (Wildman–Crippen MR) is 116 cm³/mol. The van der Waals surface area contributed by atoms with Crippen molar-refractivity contribution in [2.45, 2.75) is 32.7 Å². The van der Waals surface area contributed by atoms with Crippen LogP contribution < -0.4 is 21.1 Å². The van der Waals surface area contributed by atoms with Crippen LogP contribution in [0.2, 0.25) is 0 Å². The van der Waals surface area contributed by atoms with E-state index in [1.54, 1.807) is 24.3 Å². The lowest BCUT2D eigenvalue weighted by molar-refractivity contribution is -0.274. The number of nitrogens with one attached hydrogen (secondary N) is 2. The van der Waals surface area contributed by atoms with Crippen molar-refractivity contribution in [1.82, 2.24) is 9.97 Å². The van der Waals surface area contributed by atoms with Gasteiger partial charge in [-0.15, -0.1) is 13.2 Å². The molecule has 0 bridgehead atoms. The molecule has 0 atom stereocenters. The van der Waals surface area contributed by atoms with E-state index in [0.717, 1.165) is 0 Å². The maximum Gasteiger partial charge on any atom is 0.573 e. The molecule has 3 aromatic rings. The van der Waals surface area contributed by atoms with Gasteiger partial charge in [-0.2, -0.15) is 4.98 Å². The molecule has 4 N–H and O–H groups in total. The maximum absolute atomic E-state index is 12.6. The Hall–Kier alpha value is -3.82. The van der Waals surface area contributed by atoms with Crippen molar-refractivity contribution in [3.63, 3.8) is 0 Å². The average molecular weight is 445 g/mol. The van der Waals surface area contributed by atoms with Crippen LogP contribution in [0.3, 0.4) is 0 Å². The van der Waals surface area contributed by atoms with Gasteiger partial charge in [0.05, 0.1) is 5.69 Å². The minimum Gasteiger partial charge on any atom is -0.406 e. The normalized spacial score (nSPS) is 11.7. The van der Waals surface area contributed by atoms with Crippen molar-refractivity contribution in [2.24, 2.45) is 0 Å². The lowest BCUT2D eigenvalue weighted by Gasteiger charge is -2.21. The first-order chi connectivity index (χ1) is 14.9. The molecule has 2 aromatic carbocycles. The first-order valence-electron chi connectivity index (χ1n) is 9.58. The number of nitrogens with zero attached hydrogens (tertiary/aromatic N) is 2. The van der Waals surface area contributed by atoms with Gasteiger partial charge in [0.2, 0.25) is 5.95 Å². The summed E-state index contributed by atoms with van der Waals surface area (Å²) in [6.45, 7) is 5.68. The highest BCUT2D eigenvalue weighted by Gasteiger charge is 2.31. The summed E-state index contributed by atoms with van der Waals surface area (Å²) >= 11 is 0. The SMILES string of the molecule is CC(C)(C)Nc1nc(NC(=O)c2cccc(N)c2)cc(-c2cccc(OC(F)(F)F)c2)n1. The first-order valence-corrected chi connectivity index (χ1v) is 9.58. The molecule has 3 rings (SSSR count). The number of anilines is 3. The van der Waals surface area contributed by atoms with E-state index in [0.29, 0.717) is 22.5 Å². The number of carbonyl (C=O) groups excluding carboxylic acids is 1. The molecule has 0 spiro atoms. The Morgan fingerprint density at radius 3 is 2.38 bits per heavy atom. The smallest absolute Gasteiger partial charge is 0.406 e. The van der Waals surface area contributed by atoms with Gasteiger partial charge < -0.3 is 21.1 Å². The lowest BCUT2D eigenvalue weighted by atomic mass is 10.1. The Kier molecular flexibility index (Phi) is 6.24. The second kappa shape index (κ2) is 8.74. The molecule has 1 heterocycles. The molecule has 1 amide bonds. The van der Waals surface area contributed by atoms with E-state index in [2.05, 4.69) is 25.3 Å². The molecular weight excluding hydrogens is 423 g/mol. The number of aromatic nitrogens is 2. The molecule has 32 heavy (non-hydrogen) atoms. The van der Waals surface area contributed by atoms with Crippen LogP contribution in [-0.4, -0.2) is 27.8 Å². The van der Waals surface area contributed by atoms with E-state index >= 15 is 0 Å². The number of hydrogen-bond donors (Lipinski definition) is 3. The number of benzene rings is 2.